The first-order valence-corrected chi connectivity index (χ1v) is 7.68. The van der Waals surface area contributed by atoms with E-state index in [1.807, 2.05) is 6.92 Å². The molecule has 0 radical (unpaired) electrons. The molecule has 0 aliphatic carbocycles. The summed E-state index contributed by atoms with van der Waals surface area (Å²) < 4.78 is 0. The van der Waals surface area contributed by atoms with Crippen LogP contribution in [0, 0.1) is 0 Å². The summed E-state index contributed by atoms with van der Waals surface area (Å²) in [5, 5.41) is 3.22. The maximum atomic E-state index is 12.5. The van der Waals surface area contributed by atoms with Crippen LogP contribution in [0.5, 0.6) is 0 Å². The molecule has 1 amide bonds. The van der Waals surface area contributed by atoms with Crippen LogP contribution in [0.15, 0.2) is 11.1 Å². The molecular formula is C15H25N3O. The van der Waals surface area contributed by atoms with Gasteiger partial charge in [-0.2, -0.15) is 0 Å². The molecule has 0 aromatic carbocycles. The zero-order valence-corrected chi connectivity index (χ0v) is 12.0. The second-order valence-electron chi connectivity index (χ2n) is 6.12. The van der Waals surface area contributed by atoms with E-state index in [1.165, 1.54) is 37.9 Å². The molecule has 3 aliphatic rings. The van der Waals surface area contributed by atoms with Gasteiger partial charge in [-0.15, -0.1) is 0 Å². The van der Waals surface area contributed by atoms with Crippen LogP contribution >= 0.6 is 0 Å². The third-order valence-electron chi connectivity index (χ3n) is 4.87. The smallest absolute Gasteiger partial charge is 0.249 e. The number of amides is 1. The topological polar surface area (TPSA) is 35.6 Å². The van der Waals surface area contributed by atoms with Gasteiger partial charge in [0.25, 0.3) is 0 Å². The van der Waals surface area contributed by atoms with Crippen molar-refractivity contribution in [1.82, 2.24) is 15.1 Å². The normalized spacial score (nSPS) is 28.4. The lowest BCUT2D eigenvalue weighted by Crippen LogP contribution is -2.49. The van der Waals surface area contributed by atoms with Crippen LogP contribution in [0.4, 0.5) is 0 Å². The summed E-state index contributed by atoms with van der Waals surface area (Å²) in [5.74, 6) is 0.278. The molecule has 1 unspecified atom stereocenters. The minimum Gasteiger partial charge on any atom is -0.337 e. The largest absolute Gasteiger partial charge is 0.337 e. The number of likely N-dealkylation sites (tertiary alicyclic amines) is 2. The highest BCUT2D eigenvalue weighted by molar-refractivity contribution is 5.94. The molecule has 106 valence electrons. The molecule has 3 rings (SSSR count). The van der Waals surface area contributed by atoms with Gasteiger partial charge in [0, 0.05) is 37.8 Å². The lowest BCUT2D eigenvalue weighted by molar-refractivity contribution is -0.129. The summed E-state index contributed by atoms with van der Waals surface area (Å²) >= 11 is 0. The lowest BCUT2D eigenvalue weighted by Gasteiger charge is -2.38. The fourth-order valence-corrected chi connectivity index (χ4v) is 3.45. The van der Waals surface area contributed by atoms with E-state index in [1.54, 1.807) is 0 Å². The van der Waals surface area contributed by atoms with Crippen LogP contribution in [-0.4, -0.2) is 61.0 Å². The van der Waals surface area contributed by atoms with Crippen molar-refractivity contribution in [2.24, 2.45) is 0 Å². The van der Waals surface area contributed by atoms with Crippen molar-refractivity contribution >= 4 is 5.91 Å². The zero-order chi connectivity index (χ0) is 13.2. The second-order valence-corrected chi connectivity index (χ2v) is 6.12. The molecule has 0 aromatic heterocycles. The van der Waals surface area contributed by atoms with E-state index in [0.29, 0.717) is 6.04 Å². The van der Waals surface area contributed by atoms with Gasteiger partial charge in [-0.25, -0.2) is 0 Å². The highest BCUT2D eigenvalue weighted by Crippen LogP contribution is 2.22. The third kappa shape index (κ3) is 2.70. The molecule has 3 aliphatic heterocycles. The molecule has 0 saturated carbocycles. The summed E-state index contributed by atoms with van der Waals surface area (Å²) in [6, 6.07) is 0.609. The molecule has 1 atom stereocenters. The fraction of sp³-hybridized carbons (Fsp3) is 0.800. The summed E-state index contributed by atoms with van der Waals surface area (Å²) in [5.41, 5.74) is 2.29. The van der Waals surface area contributed by atoms with Crippen molar-refractivity contribution < 1.29 is 4.79 Å². The molecule has 4 heteroatoms. The molecule has 1 N–H and O–H groups in total. The lowest BCUT2D eigenvalue weighted by atomic mass is 10.00. The SMILES string of the molecule is CC(C(=O)N1CCCC(N2CCCC2)C1)=C1CNC1. The molecular weight excluding hydrogens is 238 g/mol. The maximum absolute atomic E-state index is 12.5. The molecule has 0 spiro atoms. The minimum absolute atomic E-state index is 0.278. The van der Waals surface area contributed by atoms with Crippen LogP contribution < -0.4 is 5.32 Å². The van der Waals surface area contributed by atoms with E-state index in [2.05, 4.69) is 15.1 Å². The Hall–Kier alpha value is -0.870. The Labute approximate surface area is 115 Å². The number of hydrogen-bond donors (Lipinski definition) is 1. The van der Waals surface area contributed by atoms with Crippen LogP contribution in [0.2, 0.25) is 0 Å². The summed E-state index contributed by atoms with van der Waals surface area (Å²) in [6.45, 7) is 8.16. The zero-order valence-electron chi connectivity index (χ0n) is 12.0. The van der Waals surface area contributed by atoms with Crippen molar-refractivity contribution in [3.05, 3.63) is 11.1 Å². The number of hydrogen-bond acceptors (Lipinski definition) is 3. The molecule has 3 saturated heterocycles. The van der Waals surface area contributed by atoms with Crippen LogP contribution in [0.3, 0.4) is 0 Å². The van der Waals surface area contributed by atoms with Gasteiger partial charge in [0.1, 0.15) is 0 Å². The van der Waals surface area contributed by atoms with Gasteiger partial charge in [0.05, 0.1) is 0 Å². The maximum Gasteiger partial charge on any atom is 0.249 e. The van der Waals surface area contributed by atoms with Crippen molar-refractivity contribution in [3.8, 4) is 0 Å². The number of rotatable bonds is 2. The highest BCUT2D eigenvalue weighted by Gasteiger charge is 2.30. The Morgan fingerprint density at radius 1 is 1.16 bits per heavy atom. The number of piperidine rings is 1. The Kier molecular flexibility index (Phi) is 3.89. The van der Waals surface area contributed by atoms with E-state index in [4.69, 9.17) is 0 Å². The van der Waals surface area contributed by atoms with E-state index < -0.39 is 0 Å². The molecule has 3 fully saturated rings. The summed E-state index contributed by atoms with van der Waals surface area (Å²) in [6.07, 6.45) is 5.09. The van der Waals surface area contributed by atoms with Gasteiger partial charge in [-0.1, -0.05) is 0 Å². The minimum atomic E-state index is 0.278. The van der Waals surface area contributed by atoms with Gasteiger partial charge in [0.2, 0.25) is 5.91 Å². The second kappa shape index (κ2) is 5.63. The Morgan fingerprint density at radius 2 is 1.89 bits per heavy atom. The van der Waals surface area contributed by atoms with E-state index in [9.17, 15) is 4.79 Å². The van der Waals surface area contributed by atoms with Crippen molar-refractivity contribution in [3.63, 3.8) is 0 Å². The molecule has 4 nitrogen and oxygen atoms in total. The number of nitrogens with zero attached hydrogens (tertiary/aromatic N) is 2. The van der Waals surface area contributed by atoms with Crippen molar-refractivity contribution in [2.45, 2.75) is 38.6 Å². The first-order valence-electron chi connectivity index (χ1n) is 7.68. The predicted octanol–water partition coefficient (Wildman–Crippen LogP) is 0.993. The van der Waals surface area contributed by atoms with Gasteiger partial charge in [-0.3, -0.25) is 9.69 Å². The fourth-order valence-electron chi connectivity index (χ4n) is 3.45. The average Bonchev–Trinajstić information content (AvgIpc) is 2.90. The Morgan fingerprint density at radius 3 is 2.53 bits per heavy atom. The quantitative estimate of drug-likeness (QED) is 0.755. The Bertz CT molecular complexity index is 379. The third-order valence-corrected chi connectivity index (χ3v) is 4.87. The average molecular weight is 263 g/mol. The van der Waals surface area contributed by atoms with E-state index in [0.717, 1.165) is 38.2 Å². The van der Waals surface area contributed by atoms with Crippen LogP contribution in [0.25, 0.3) is 0 Å². The van der Waals surface area contributed by atoms with Crippen molar-refractivity contribution in [1.29, 1.82) is 0 Å². The number of nitrogens with one attached hydrogen (secondary N) is 1. The summed E-state index contributed by atoms with van der Waals surface area (Å²) in [4.78, 5) is 17.2. The van der Waals surface area contributed by atoms with Gasteiger partial charge < -0.3 is 10.2 Å². The predicted molar refractivity (Wildman–Crippen MR) is 76.0 cm³/mol. The van der Waals surface area contributed by atoms with Gasteiger partial charge in [0.15, 0.2) is 0 Å². The first-order chi connectivity index (χ1) is 9.25. The number of carbonyl (C=O) groups is 1. The molecule has 19 heavy (non-hydrogen) atoms. The van der Waals surface area contributed by atoms with E-state index >= 15 is 0 Å². The molecule has 3 heterocycles. The van der Waals surface area contributed by atoms with Crippen LogP contribution in [-0.2, 0) is 4.79 Å². The summed E-state index contributed by atoms with van der Waals surface area (Å²) in [7, 11) is 0. The Balaban J connectivity index is 1.62. The highest BCUT2D eigenvalue weighted by atomic mass is 16.2. The molecule has 0 aromatic rings. The van der Waals surface area contributed by atoms with E-state index in [-0.39, 0.29) is 5.91 Å². The first kappa shape index (κ1) is 13.1. The monoisotopic (exact) mass is 263 g/mol. The van der Waals surface area contributed by atoms with Crippen molar-refractivity contribution in [2.75, 3.05) is 39.3 Å². The van der Waals surface area contributed by atoms with Gasteiger partial charge in [-0.05, 0) is 51.3 Å². The number of carbonyl (C=O) groups excluding carboxylic acids is 1. The van der Waals surface area contributed by atoms with Crippen LogP contribution in [0.1, 0.15) is 32.6 Å². The molecule has 0 bridgehead atoms. The van der Waals surface area contributed by atoms with Gasteiger partial charge >= 0.3 is 0 Å². The standard InChI is InChI=1S/C15H25N3O/c1-12(13-9-16-10-13)15(19)18-8-4-5-14(11-18)17-6-2-3-7-17/h14,16H,2-11H2,1H3.